The van der Waals surface area contributed by atoms with E-state index in [0.717, 1.165) is 0 Å². The Balaban J connectivity index is 2.21. The molecule has 6 heteroatoms. The van der Waals surface area contributed by atoms with Crippen LogP contribution in [0.1, 0.15) is 15.9 Å². The van der Waals surface area contributed by atoms with Crippen molar-refractivity contribution in [1.29, 1.82) is 0 Å². The first-order chi connectivity index (χ1) is 9.61. The summed E-state index contributed by atoms with van der Waals surface area (Å²) in [6.45, 7) is 0.00143. The van der Waals surface area contributed by atoms with Crippen molar-refractivity contribution in [2.75, 3.05) is 5.73 Å². The van der Waals surface area contributed by atoms with Crippen LogP contribution in [0.4, 0.5) is 10.1 Å². The molecule has 0 heterocycles. The van der Waals surface area contributed by atoms with E-state index in [1.165, 1.54) is 12.1 Å². The van der Waals surface area contributed by atoms with Gasteiger partial charge in [-0.2, -0.15) is 0 Å². The maximum absolute atomic E-state index is 13.5. The zero-order valence-corrected chi connectivity index (χ0v) is 10.6. The number of amides is 1. The lowest BCUT2D eigenvalue weighted by molar-refractivity contribution is 0.0949. The molecule has 0 fully saturated rings. The lowest BCUT2D eigenvalue weighted by Gasteiger charge is -2.11. The monoisotopic (exact) mass is 275 g/mol. The minimum Gasteiger partial charge on any atom is -0.488 e. The number of halogens is 1. The number of hydrazine groups is 1. The highest BCUT2D eigenvalue weighted by Gasteiger charge is 2.12. The Bertz CT molecular complexity index is 632. The van der Waals surface area contributed by atoms with E-state index in [2.05, 4.69) is 0 Å². The molecule has 0 aliphatic carbocycles. The molecular formula is C14H14FN3O2. The third-order valence-electron chi connectivity index (χ3n) is 2.72. The number of nitrogens with one attached hydrogen (secondary N) is 1. The first-order valence-electron chi connectivity index (χ1n) is 5.88. The van der Waals surface area contributed by atoms with Crippen molar-refractivity contribution >= 4 is 11.6 Å². The molecule has 0 saturated carbocycles. The fourth-order valence-corrected chi connectivity index (χ4v) is 1.70. The van der Waals surface area contributed by atoms with E-state index >= 15 is 0 Å². The van der Waals surface area contributed by atoms with E-state index < -0.39 is 5.91 Å². The Labute approximate surface area is 115 Å². The second kappa shape index (κ2) is 6.03. The van der Waals surface area contributed by atoms with E-state index in [9.17, 15) is 9.18 Å². The maximum Gasteiger partial charge on any atom is 0.269 e. The predicted molar refractivity (Wildman–Crippen MR) is 73.2 cm³/mol. The molecule has 5 nitrogen and oxygen atoms in total. The number of benzene rings is 2. The molecule has 1 amide bonds. The molecule has 0 aliphatic heterocycles. The van der Waals surface area contributed by atoms with Crippen LogP contribution in [0.2, 0.25) is 0 Å². The average molecular weight is 275 g/mol. The second-order valence-corrected chi connectivity index (χ2v) is 4.11. The summed E-state index contributed by atoms with van der Waals surface area (Å²) in [7, 11) is 0. The van der Waals surface area contributed by atoms with Gasteiger partial charge in [-0.1, -0.05) is 18.2 Å². The summed E-state index contributed by atoms with van der Waals surface area (Å²) in [4.78, 5) is 11.6. The number of hydrogen-bond acceptors (Lipinski definition) is 4. The highest BCUT2D eigenvalue weighted by molar-refractivity contribution is 5.97. The third-order valence-corrected chi connectivity index (χ3v) is 2.72. The molecule has 104 valence electrons. The number of anilines is 1. The van der Waals surface area contributed by atoms with E-state index in [0.29, 0.717) is 11.3 Å². The highest BCUT2D eigenvalue weighted by Crippen LogP contribution is 2.22. The summed E-state index contributed by atoms with van der Waals surface area (Å²) in [5, 5.41) is 0. The van der Waals surface area contributed by atoms with Gasteiger partial charge in [0, 0.05) is 11.3 Å². The van der Waals surface area contributed by atoms with E-state index in [-0.39, 0.29) is 23.7 Å². The van der Waals surface area contributed by atoms with E-state index in [4.69, 9.17) is 16.3 Å². The second-order valence-electron chi connectivity index (χ2n) is 4.11. The minimum atomic E-state index is -0.527. The molecule has 0 bridgehead atoms. The van der Waals surface area contributed by atoms with Gasteiger partial charge in [0.05, 0.1) is 5.56 Å². The zero-order valence-electron chi connectivity index (χ0n) is 10.6. The fraction of sp³-hybridized carbons (Fsp3) is 0.0714. The van der Waals surface area contributed by atoms with Crippen molar-refractivity contribution in [3.63, 3.8) is 0 Å². The molecule has 0 radical (unpaired) electrons. The van der Waals surface area contributed by atoms with Crippen molar-refractivity contribution in [1.82, 2.24) is 5.43 Å². The normalized spacial score (nSPS) is 10.1. The van der Waals surface area contributed by atoms with Crippen LogP contribution in [0, 0.1) is 5.82 Å². The number of rotatable bonds is 4. The molecular weight excluding hydrogens is 261 g/mol. The molecule has 0 spiro atoms. The Morgan fingerprint density at radius 2 is 2.00 bits per heavy atom. The van der Waals surface area contributed by atoms with Crippen molar-refractivity contribution in [2.24, 2.45) is 5.84 Å². The predicted octanol–water partition coefficient (Wildman–Crippen LogP) is 1.59. The van der Waals surface area contributed by atoms with Crippen LogP contribution in [0.5, 0.6) is 5.75 Å². The van der Waals surface area contributed by atoms with Crippen molar-refractivity contribution in [3.8, 4) is 5.75 Å². The summed E-state index contributed by atoms with van der Waals surface area (Å²) >= 11 is 0. The van der Waals surface area contributed by atoms with Crippen molar-refractivity contribution < 1.29 is 13.9 Å². The maximum atomic E-state index is 13.5. The third kappa shape index (κ3) is 3.04. The van der Waals surface area contributed by atoms with Gasteiger partial charge in [0.25, 0.3) is 5.91 Å². The topological polar surface area (TPSA) is 90.4 Å². The zero-order chi connectivity index (χ0) is 14.5. The lowest BCUT2D eigenvalue weighted by atomic mass is 10.1. The molecule has 20 heavy (non-hydrogen) atoms. The molecule has 5 N–H and O–H groups in total. The molecule has 0 unspecified atom stereocenters. The summed E-state index contributed by atoms with van der Waals surface area (Å²) in [6.07, 6.45) is 0. The molecule has 0 saturated heterocycles. The summed E-state index contributed by atoms with van der Waals surface area (Å²) in [5.41, 5.74) is 8.62. The number of carbonyl (C=O) groups is 1. The Morgan fingerprint density at radius 3 is 2.70 bits per heavy atom. The molecule has 0 atom stereocenters. The van der Waals surface area contributed by atoms with Gasteiger partial charge in [0.2, 0.25) is 0 Å². The van der Waals surface area contributed by atoms with Crippen molar-refractivity contribution in [3.05, 3.63) is 59.4 Å². The summed E-state index contributed by atoms with van der Waals surface area (Å²) < 4.78 is 19.0. The Hall–Kier alpha value is -2.60. The summed E-state index contributed by atoms with van der Waals surface area (Å²) in [5.74, 6) is 4.49. The van der Waals surface area contributed by atoms with Crippen LogP contribution in [0.3, 0.4) is 0 Å². The van der Waals surface area contributed by atoms with Gasteiger partial charge in [-0.25, -0.2) is 10.2 Å². The van der Waals surface area contributed by atoms with Crippen LogP contribution in [-0.4, -0.2) is 5.91 Å². The van der Waals surface area contributed by atoms with Crippen molar-refractivity contribution in [2.45, 2.75) is 6.61 Å². The summed E-state index contributed by atoms with van der Waals surface area (Å²) in [6, 6.07) is 10.8. The first kappa shape index (κ1) is 13.8. The number of nitrogen functional groups attached to an aromatic ring is 2. The SMILES string of the molecule is NNC(=O)c1cc(N)ccc1OCc1ccccc1F. The van der Waals surface area contributed by atoms with Gasteiger partial charge in [0.15, 0.2) is 0 Å². The molecule has 0 aliphatic rings. The van der Waals surface area contributed by atoms with Gasteiger partial charge < -0.3 is 10.5 Å². The molecule has 2 rings (SSSR count). The quantitative estimate of drug-likeness (QED) is 0.342. The lowest BCUT2D eigenvalue weighted by Crippen LogP contribution is -2.30. The molecule has 2 aromatic carbocycles. The van der Waals surface area contributed by atoms with Gasteiger partial charge in [-0.05, 0) is 24.3 Å². The van der Waals surface area contributed by atoms with E-state index in [1.807, 2.05) is 5.43 Å². The smallest absolute Gasteiger partial charge is 0.269 e. The number of carbonyl (C=O) groups excluding carboxylic acids is 1. The average Bonchev–Trinajstić information content (AvgIpc) is 2.46. The Morgan fingerprint density at radius 1 is 1.25 bits per heavy atom. The van der Waals surface area contributed by atoms with Crippen LogP contribution >= 0.6 is 0 Å². The van der Waals surface area contributed by atoms with Gasteiger partial charge >= 0.3 is 0 Å². The van der Waals surface area contributed by atoms with E-state index in [1.54, 1.807) is 30.3 Å². The number of nitrogens with two attached hydrogens (primary N) is 2. The van der Waals surface area contributed by atoms with Crippen LogP contribution in [0.15, 0.2) is 42.5 Å². The van der Waals surface area contributed by atoms with Crippen LogP contribution in [0.25, 0.3) is 0 Å². The molecule has 2 aromatic rings. The highest BCUT2D eigenvalue weighted by atomic mass is 19.1. The number of hydrogen-bond donors (Lipinski definition) is 3. The van der Waals surface area contributed by atoms with Gasteiger partial charge in [-0.3, -0.25) is 10.2 Å². The fourth-order valence-electron chi connectivity index (χ4n) is 1.70. The minimum absolute atomic E-state index is 0.00143. The van der Waals surface area contributed by atoms with Gasteiger partial charge in [0.1, 0.15) is 18.2 Å². The standard InChI is InChI=1S/C14H14FN3O2/c15-12-4-2-1-3-9(12)8-20-13-6-5-10(16)7-11(13)14(19)18-17/h1-7H,8,16-17H2,(H,18,19). The first-order valence-corrected chi connectivity index (χ1v) is 5.88. The van der Waals surface area contributed by atoms with Crippen LogP contribution < -0.4 is 21.7 Å². The number of ether oxygens (including phenoxy) is 1. The van der Waals surface area contributed by atoms with Gasteiger partial charge in [-0.15, -0.1) is 0 Å². The van der Waals surface area contributed by atoms with Crippen LogP contribution in [-0.2, 0) is 6.61 Å². The largest absolute Gasteiger partial charge is 0.488 e. The Kier molecular flexibility index (Phi) is 4.17. The molecule has 0 aromatic heterocycles.